The van der Waals surface area contributed by atoms with Gasteiger partial charge in [0.25, 0.3) is 0 Å². The molecule has 0 atom stereocenters. The fourth-order valence-electron chi connectivity index (χ4n) is 2.78. The molecule has 3 nitrogen and oxygen atoms in total. The average Bonchev–Trinajstić information content (AvgIpc) is 3.17. The molecule has 3 rings (SSSR count). The minimum atomic E-state index is 0.904. The zero-order chi connectivity index (χ0) is 14.7. The number of allylic oxidation sites excluding steroid dienone is 4. The van der Waals surface area contributed by atoms with Crippen molar-refractivity contribution < 1.29 is 0 Å². The maximum atomic E-state index is 4.42. The number of thiophene rings is 1. The molecule has 0 amide bonds. The van der Waals surface area contributed by atoms with Crippen LogP contribution in [0.4, 0.5) is 0 Å². The van der Waals surface area contributed by atoms with Crippen LogP contribution in [0.15, 0.2) is 44.8 Å². The molecule has 1 aromatic rings. The molecule has 110 valence electrons. The van der Waals surface area contributed by atoms with Crippen LogP contribution in [-0.4, -0.2) is 36.0 Å². The Morgan fingerprint density at radius 3 is 2.76 bits per heavy atom. The molecule has 0 saturated carbocycles. The van der Waals surface area contributed by atoms with Crippen LogP contribution in [0.3, 0.4) is 0 Å². The van der Waals surface area contributed by atoms with Crippen molar-refractivity contribution in [1.82, 2.24) is 4.90 Å². The molecular weight excluding hydrogens is 278 g/mol. The zero-order valence-electron chi connectivity index (χ0n) is 12.7. The van der Waals surface area contributed by atoms with Crippen molar-refractivity contribution >= 4 is 28.3 Å². The summed E-state index contributed by atoms with van der Waals surface area (Å²) in [6, 6.07) is 2.17. The van der Waals surface area contributed by atoms with E-state index >= 15 is 0 Å². The van der Waals surface area contributed by atoms with Gasteiger partial charge in [-0.25, -0.2) is 0 Å². The van der Waals surface area contributed by atoms with E-state index in [1.807, 2.05) is 0 Å². The first kappa shape index (κ1) is 14.4. The standard InChI is InChI=1S/C17H21N3S/c1-3-20(4-2)9-7-16-15-6-5-13(11-17(15)19-18-16)14-8-10-21-12-14/h5-6,8,10,12H,3-4,7,9,11H2,1-2H3. The minimum Gasteiger partial charge on any atom is -0.303 e. The smallest absolute Gasteiger partial charge is 0.0765 e. The maximum absolute atomic E-state index is 4.42. The van der Waals surface area contributed by atoms with Gasteiger partial charge in [0.2, 0.25) is 0 Å². The van der Waals surface area contributed by atoms with Crippen LogP contribution < -0.4 is 0 Å². The van der Waals surface area contributed by atoms with Crippen molar-refractivity contribution in [1.29, 1.82) is 0 Å². The first-order chi connectivity index (χ1) is 10.3. The first-order valence-electron chi connectivity index (χ1n) is 7.61. The molecule has 0 fully saturated rings. The maximum Gasteiger partial charge on any atom is 0.0765 e. The number of fused-ring (bicyclic) bond motifs is 1. The second-order valence-electron chi connectivity index (χ2n) is 5.33. The molecule has 21 heavy (non-hydrogen) atoms. The number of hydrogen-bond acceptors (Lipinski definition) is 4. The lowest BCUT2D eigenvalue weighted by Crippen LogP contribution is -2.26. The molecule has 0 bridgehead atoms. The Bertz CT molecular complexity index is 616. The quantitative estimate of drug-likeness (QED) is 0.780. The molecule has 1 aromatic heterocycles. The van der Waals surface area contributed by atoms with Crippen LogP contribution in [0, 0.1) is 0 Å². The lowest BCUT2D eigenvalue weighted by Gasteiger charge is -2.18. The Morgan fingerprint density at radius 1 is 1.19 bits per heavy atom. The molecule has 0 saturated heterocycles. The lowest BCUT2D eigenvalue weighted by atomic mass is 9.90. The third-order valence-corrected chi connectivity index (χ3v) is 4.86. The van der Waals surface area contributed by atoms with Gasteiger partial charge in [-0.15, -0.1) is 0 Å². The largest absolute Gasteiger partial charge is 0.303 e. The molecule has 0 aromatic carbocycles. The molecule has 0 spiro atoms. The summed E-state index contributed by atoms with van der Waals surface area (Å²) >= 11 is 1.74. The van der Waals surface area contributed by atoms with Gasteiger partial charge in [-0.1, -0.05) is 26.0 Å². The van der Waals surface area contributed by atoms with Gasteiger partial charge < -0.3 is 4.90 Å². The van der Waals surface area contributed by atoms with Gasteiger partial charge in [-0.05, 0) is 41.1 Å². The monoisotopic (exact) mass is 299 g/mol. The van der Waals surface area contributed by atoms with Crippen molar-refractivity contribution in [2.45, 2.75) is 26.7 Å². The van der Waals surface area contributed by atoms with Crippen LogP contribution in [0.5, 0.6) is 0 Å². The Labute approximate surface area is 130 Å². The summed E-state index contributed by atoms with van der Waals surface area (Å²) in [4.78, 5) is 2.43. The Morgan fingerprint density at radius 2 is 2.05 bits per heavy atom. The SMILES string of the molecule is CCN(CC)CCC1=NN=C2CC(c3ccsc3)=CC=C12. The average molecular weight is 299 g/mol. The van der Waals surface area contributed by atoms with Crippen LogP contribution in [0.2, 0.25) is 0 Å². The summed E-state index contributed by atoms with van der Waals surface area (Å²) in [7, 11) is 0. The van der Waals surface area contributed by atoms with Crippen LogP contribution in [0.25, 0.3) is 5.57 Å². The van der Waals surface area contributed by atoms with E-state index < -0.39 is 0 Å². The van der Waals surface area contributed by atoms with Crippen molar-refractivity contribution in [3.05, 3.63) is 40.1 Å². The zero-order valence-corrected chi connectivity index (χ0v) is 13.5. The van der Waals surface area contributed by atoms with E-state index in [0.717, 1.165) is 43.9 Å². The molecule has 0 radical (unpaired) electrons. The Hall–Kier alpha value is -1.52. The second-order valence-corrected chi connectivity index (χ2v) is 6.11. The fourth-order valence-corrected chi connectivity index (χ4v) is 3.46. The highest BCUT2D eigenvalue weighted by molar-refractivity contribution is 7.08. The van der Waals surface area contributed by atoms with Gasteiger partial charge in [0.1, 0.15) is 0 Å². The lowest BCUT2D eigenvalue weighted by molar-refractivity contribution is 0.313. The second kappa shape index (κ2) is 6.50. The summed E-state index contributed by atoms with van der Waals surface area (Å²) in [6.45, 7) is 7.67. The van der Waals surface area contributed by atoms with E-state index in [4.69, 9.17) is 0 Å². The van der Waals surface area contributed by atoms with E-state index in [1.165, 1.54) is 16.7 Å². The molecular formula is C17H21N3S. The van der Waals surface area contributed by atoms with E-state index in [2.05, 4.69) is 57.9 Å². The highest BCUT2D eigenvalue weighted by Crippen LogP contribution is 2.30. The van der Waals surface area contributed by atoms with Crippen LogP contribution >= 0.6 is 11.3 Å². The minimum absolute atomic E-state index is 0.904. The first-order valence-corrected chi connectivity index (χ1v) is 8.56. The van der Waals surface area contributed by atoms with E-state index in [1.54, 1.807) is 11.3 Å². The number of hydrogen-bond donors (Lipinski definition) is 0. The Balaban J connectivity index is 1.69. The van der Waals surface area contributed by atoms with E-state index in [0.29, 0.717) is 0 Å². The van der Waals surface area contributed by atoms with Gasteiger partial charge in [0.15, 0.2) is 0 Å². The van der Waals surface area contributed by atoms with Gasteiger partial charge in [0, 0.05) is 25.0 Å². The highest BCUT2D eigenvalue weighted by atomic mass is 32.1. The topological polar surface area (TPSA) is 28.0 Å². The number of nitrogens with zero attached hydrogens (tertiary/aromatic N) is 3. The summed E-state index contributed by atoms with van der Waals surface area (Å²) in [5.41, 5.74) is 6.19. The van der Waals surface area contributed by atoms with Crippen molar-refractivity contribution in [2.75, 3.05) is 19.6 Å². The van der Waals surface area contributed by atoms with Crippen LogP contribution in [-0.2, 0) is 0 Å². The third kappa shape index (κ3) is 3.06. The predicted molar refractivity (Wildman–Crippen MR) is 92.3 cm³/mol. The molecule has 0 unspecified atom stereocenters. The Kier molecular flexibility index (Phi) is 4.46. The van der Waals surface area contributed by atoms with Gasteiger partial charge in [-0.3, -0.25) is 0 Å². The summed E-state index contributed by atoms with van der Waals surface area (Å²) in [5, 5.41) is 13.1. The molecule has 1 aliphatic heterocycles. The molecule has 1 aliphatic carbocycles. The molecule has 0 N–H and O–H groups in total. The normalized spacial score (nSPS) is 17.3. The molecule has 4 heteroatoms. The van der Waals surface area contributed by atoms with Gasteiger partial charge in [-0.2, -0.15) is 21.5 Å². The van der Waals surface area contributed by atoms with E-state index in [9.17, 15) is 0 Å². The fraction of sp³-hybridized carbons (Fsp3) is 0.412. The van der Waals surface area contributed by atoms with E-state index in [-0.39, 0.29) is 0 Å². The summed E-state index contributed by atoms with van der Waals surface area (Å²) in [6.07, 6.45) is 6.32. The molecule has 2 heterocycles. The summed E-state index contributed by atoms with van der Waals surface area (Å²) in [5.74, 6) is 0. The number of rotatable bonds is 6. The van der Waals surface area contributed by atoms with Crippen molar-refractivity contribution in [3.63, 3.8) is 0 Å². The molecule has 2 aliphatic rings. The van der Waals surface area contributed by atoms with Gasteiger partial charge in [0.05, 0.1) is 11.4 Å². The van der Waals surface area contributed by atoms with Crippen molar-refractivity contribution in [2.24, 2.45) is 10.2 Å². The van der Waals surface area contributed by atoms with Crippen molar-refractivity contribution in [3.8, 4) is 0 Å². The highest BCUT2D eigenvalue weighted by Gasteiger charge is 2.23. The summed E-state index contributed by atoms with van der Waals surface area (Å²) < 4.78 is 0. The van der Waals surface area contributed by atoms with Crippen LogP contribution in [0.1, 0.15) is 32.3 Å². The van der Waals surface area contributed by atoms with Gasteiger partial charge >= 0.3 is 0 Å². The third-order valence-electron chi connectivity index (χ3n) is 4.17. The predicted octanol–water partition coefficient (Wildman–Crippen LogP) is 4.00.